The molecule has 1 heterocycles. The quantitative estimate of drug-likeness (QED) is 0.869. The van der Waals surface area contributed by atoms with Crippen molar-refractivity contribution in [3.8, 4) is 0 Å². The summed E-state index contributed by atoms with van der Waals surface area (Å²) in [6.45, 7) is 3.88. The van der Waals surface area contributed by atoms with Crippen molar-refractivity contribution >= 4 is 11.8 Å². The molecule has 0 unspecified atom stereocenters. The summed E-state index contributed by atoms with van der Waals surface area (Å²) in [6, 6.07) is 9.05. The van der Waals surface area contributed by atoms with Crippen molar-refractivity contribution in [1.29, 1.82) is 0 Å². The Morgan fingerprint density at radius 1 is 1.15 bits per heavy atom. The van der Waals surface area contributed by atoms with E-state index in [4.69, 9.17) is 5.11 Å². The molecule has 0 fully saturated rings. The van der Waals surface area contributed by atoms with E-state index in [1.54, 1.807) is 23.7 Å². The molecule has 0 aliphatic rings. The van der Waals surface area contributed by atoms with Gasteiger partial charge in [0.25, 0.3) is 0 Å². The average molecular weight is 271 g/mol. The fourth-order valence-electron chi connectivity index (χ4n) is 2.32. The molecule has 1 N–H and O–H groups in total. The molecular weight excluding hydrogens is 254 g/mol. The third kappa shape index (κ3) is 2.64. The molecule has 0 aliphatic carbocycles. The molecule has 20 heavy (non-hydrogen) atoms. The molecule has 0 saturated carbocycles. The number of carboxylic acids is 1. The number of ketones is 1. The molecule has 104 valence electrons. The normalized spacial score (nSPS) is 10.6. The Hall–Kier alpha value is -2.36. The number of rotatable bonds is 4. The highest BCUT2D eigenvalue weighted by Crippen LogP contribution is 2.17. The van der Waals surface area contributed by atoms with E-state index in [-0.39, 0.29) is 12.2 Å². The Morgan fingerprint density at radius 3 is 2.45 bits per heavy atom. The fourth-order valence-corrected chi connectivity index (χ4v) is 2.32. The van der Waals surface area contributed by atoms with Crippen LogP contribution in [-0.4, -0.2) is 21.4 Å². The zero-order valence-corrected chi connectivity index (χ0v) is 11.8. The van der Waals surface area contributed by atoms with Crippen LogP contribution in [0, 0.1) is 13.8 Å². The zero-order chi connectivity index (χ0) is 14.9. The van der Waals surface area contributed by atoms with Gasteiger partial charge < -0.3 is 9.67 Å². The maximum Gasteiger partial charge on any atom is 0.309 e. The number of carboxylic acid groups (broad SMARTS) is 1. The van der Waals surface area contributed by atoms with Crippen LogP contribution in [0.1, 0.15) is 32.9 Å². The van der Waals surface area contributed by atoms with Gasteiger partial charge in [0.05, 0.1) is 12.1 Å². The SMILES string of the molecule is Cc1ccc(C(=O)c2ccc(CC(=O)O)n2C)c(C)c1. The number of benzene rings is 1. The predicted molar refractivity (Wildman–Crippen MR) is 76.1 cm³/mol. The van der Waals surface area contributed by atoms with Crippen LogP contribution in [-0.2, 0) is 18.3 Å². The van der Waals surface area contributed by atoms with Crippen LogP contribution >= 0.6 is 0 Å². The van der Waals surface area contributed by atoms with Crippen molar-refractivity contribution in [2.45, 2.75) is 20.3 Å². The molecule has 0 amide bonds. The minimum atomic E-state index is -0.906. The van der Waals surface area contributed by atoms with Crippen molar-refractivity contribution in [2.24, 2.45) is 7.05 Å². The lowest BCUT2D eigenvalue weighted by Gasteiger charge is -2.08. The fraction of sp³-hybridized carbons (Fsp3) is 0.250. The maximum absolute atomic E-state index is 12.5. The molecule has 4 nitrogen and oxygen atoms in total. The van der Waals surface area contributed by atoms with Crippen molar-refractivity contribution in [3.05, 3.63) is 58.4 Å². The minimum absolute atomic E-state index is 0.0818. The maximum atomic E-state index is 12.5. The Labute approximate surface area is 117 Å². The lowest BCUT2D eigenvalue weighted by Crippen LogP contribution is -2.12. The molecule has 0 spiro atoms. The summed E-state index contributed by atoms with van der Waals surface area (Å²) in [5.74, 6) is -0.988. The number of carbonyl (C=O) groups excluding carboxylic acids is 1. The molecule has 2 rings (SSSR count). The summed E-state index contributed by atoms with van der Waals surface area (Å²) < 4.78 is 1.65. The third-order valence-electron chi connectivity index (χ3n) is 3.42. The van der Waals surface area contributed by atoms with Gasteiger partial charge in [-0.15, -0.1) is 0 Å². The summed E-state index contributed by atoms with van der Waals surface area (Å²) >= 11 is 0. The number of nitrogens with zero attached hydrogens (tertiary/aromatic N) is 1. The number of carbonyl (C=O) groups is 2. The highest BCUT2D eigenvalue weighted by molar-refractivity contribution is 6.09. The zero-order valence-electron chi connectivity index (χ0n) is 11.8. The Bertz CT molecular complexity index is 683. The third-order valence-corrected chi connectivity index (χ3v) is 3.42. The van der Waals surface area contributed by atoms with Gasteiger partial charge in [0, 0.05) is 18.3 Å². The van der Waals surface area contributed by atoms with Gasteiger partial charge in [-0.2, -0.15) is 0 Å². The molecule has 0 radical (unpaired) electrons. The van der Waals surface area contributed by atoms with Gasteiger partial charge in [0.15, 0.2) is 0 Å². The Balaban J connectivity index is 2.39. The van der Waals surface area contributed by atoms with Crippen LogP contribution in [0.3, 0.4) is 0 Å². The van der Waals surface area contributed by atoms with Gasteiger partial charge in [-0.05, 0) is 31.5 Å². The number of aryl methyl sites for hydroxylation is 2. The minimum Gasteiger partial charge on any atom is -0.481 e. The van der Waals surface area contributed by atoms with Crippen LogP contribution in [0.2, 0.25) is 0 Å². The van der Waals surface area contributed by atoms with Crippen molar-refractivity contribution in [2.75, 3.05) is 0 Å². The van der Waals surface area contributed by atoms with Gasteiger partial charge in [-0.3, -0.25) is 9.59 Å². The Morgan fingerprint density at radius 2 is 1.85 bits per heavy atom. The molecule has 1 aromatic heterocycles. The Kier molecular flexibility index (Phi) is 3.74. The van der Waals surface area contributed by atoms with E-state index in [1.165, 1.54) is 0 Å². The molecule has 4 heteroatoms. The largest absolute Gasteiger partial charge is 0.481 e. The first-order valence-electron chi connectivity index (χ1n) is 6.38. The van der Waals surface area contributed by atoms with Crippen LogP contribution in [0.4, 0.5) is 0 Å². The van der Waals surface area contributed by atoms with Gasteiger partial charge in [-0.25, -0.2) is 0 Å². The smallest absolute Gasteiger partial charge is 0.309 e. The molecule has 0 aliphatic heterocycles. The van der Waals surface area contributed by atoms with Crippen molar-refractivity contribution in [3.63, 3.8) is 0 Å². The first-order valence-corrected chi connectivity index (χ1v) is 6.38. The second-order valence-corrected chi connectivity index (χ2v) is 4.99. The van der Waals surface area contributed by atoms with Crippen LogP contribution in [0.15, 0.2) is 30.3 Å². The molecule has 0 bridgehead atoms. The lowest BCUT2D eigenvalue weighted by atomic mass is 10.0. The lowest BCUT2D eigenvalue weighted by molar-refractivity contribution is -0.136. The number of aromatic nitrogens is 1. The topological polar surface area (TPSA) is 59.3 Å². The van der Waals surface area contributed by atoms with Crippen LogP contribution < -0.4 is 0 Å². The molecular formula is C16H17NO3. The molecule has 0 atom stereocenters. The predicted octanol–water partition coefficient (Wildman–Crippen LogP) is 2.50. The number of aliphatic carboxylic acids is 1. The monoisotopic (exact) mass is 271 g/mol. The molecule has 1 aromatic carbocycles. The van der Waals surface area contributed by atoms with Crippen molar-refractivity contribution < 1.29 is 14.7 Å². The van der Waals surface area contributed by atoms with E-state index in [9.17, 15) is 9.59 Å². The summed E-state index contributed by atoms with van der Waals surface area (Å²) in [4.78, 5) is 23.3. The van der Waals surface area contributed by atoms with Gasteiger partial charge in [-0.1, -0.05) is 23.8 Å². The van der Waals surface area contributed by atoms with Crippen molar-refractivity contribution in [1.82, 2.24) is 4.57 Å². The van der Waals surface area contributed by atoms with Gasteiger partial charge >= 0.3 is 5.97 Å². The number of hydrogen-bond donors (Lipinski definition) is 1. The second-order valence-electron chi connectivity index (χ2n) is 4.99. The highest BCUT2D eigenvalue weighted by Gasteiger charge is 2.17. The van der Waals surface area contributed by atoms with E-state index >= 15 is 0 Å². The van der Waals surface area contributed by atoms with E-state index < -0.39 is 5.97 Å². The molecule has 0 saturated heterocycles. The first-order chi connectivity index (χ1) is 9.40. The molecule has 2 aromatic rings. The van der Waals surface area contributed by atoms with E-state index in [2.05, 4.69) is 0 Å². The summed E-state index contributed by atoms with van der Waals surface area (Å²) in [6.07, 6.45) is -0.0866. The van der Waals surface area contributed by atoms with E-state index in [0.29, 0.717) is 17.0 Å². The summed E-state index contributed by atoms with van der Waals surface area (Å²) in [5.41, 5.74) is 3.81. The standard InChI is InChI=1S/C16H17NO3/c1-10-4-6-13(11(2)8-10)16(20)14-7-5-12(17(14)3)9-15(18)19/h4-8H,9H2,1-3H3,(H,18,19). The van der Waals surface area contributed by atoms with Gasteiger partial charge in [0.2, 0.25) is 5.78 Å². The van der Waals surface area contributed by atoms with Gasteiger partial charge in [0.1, 0.15) is 0 Å². The average Bonchev–Trinajstić information content (AvgIpc) is 2.69. The van der Waals surface area contributed by atoms with Crippen LogP contribution in [0.25, 0.3) is 0 Å². The highest BCUT2D eigenvalue weighted by atomic mass is 16.4. The van der Waals surface area contributed by atoms with E-state index in [1.807, 2.05) is 32.0 Å². The second kappa shape index (κ2) is 5.33. The summed E-state index contributed by atoms with van der Waals surface area (Å²) in [7, 11) is 1.72. The first kappa shape index (κ1) is 14.1. The van der Waals surface area contributed by atoms with E-state index in [0.717, 1.165) is 11.1 Å². The summed E-state index contributed by atoms with van der Waals surface area (Å²) in [5, 5.41) is 8.83. The number of hydrogen-bond acceptors (Lipinski definition) is 2. The van der Waals surface area contributed by atoms with Crippen LogP contribution in [0.5, 0.6) is 0 Å².